The SMILES string of the molecule is CCn1c(=C=C(C#N)C(=O)NCC#N)sc(=C=CNc2cccc(CCN3CCN(c4ccccc4Cl)CC3)c2)c1=O. The Kier molecular flexibility index (Phi) is 10.8. The van der Waals surface area contributed by atoms with Gasteiger partial charge in [0, 0.05) is 51.2 Å². The van der Waals surface area contributed by atoms with Gasteiger partial charge in [-0.1, -0.05) is 58.7 Å². The topological polar surface area (TPSA) is 117 Å². The van der Waals surface area contributed by atoms with Gasteiger partial charge in [0.15, 0.2) is 5.57 Å². The Hall–Kier alpha value is -4.53. The summed E-state index contributed by atoms with van der Waals surface area (Å²) in [4.78, 5) is 29.7. The molecule has 9 nitrogen and oxygen atoms in total. The molecule has 3 aromatic rings. The van der Waals surface area contributed by atoms with Gasteiger partial charge in [0.05, 0.1) is 16.8 Å². The zero-order valence-electron chi connectivity index (χ0n) is 23.2. The van der Waals surface area contributed by atoms with E-state index in [1.807, 2.05) is 30.3 Å². The Morgan fingerprint density at radius 1 is 1.12 bits per heavy atom. The molecule has 0 bridgehead atoms. The number of nitriles is 2. The van der Waals surface area contributed by atoms with Crippen LogP contribution in [-0.4, -0.2) is 54.6 Å². The Morgan fingerprint density at radius 2 is 1.90 bits per heavy atom. The van der Waals surface area contributed by atoms with Gasteiger partial charge in [-0.3, -0.25) is 19.1 Å². The second-order valence-electron chi connectivity index (χ2n) is 9.40. The van der Waals surface area contributed by atoms with Gasteiger partial charge in [0.25, 0.3) is 11.5 Å². The highest BCUT2D eigenvalue weighted by atomic mass is 35.5. The van der Waals surface area contributed by atoms with E-state index in [9.17, 15) is 14.9 Å². The standard InChI is InChI=1S/C31H30ClN7O2S/c1-2-39-29(21-24(22-34)30(40)36-14-12-33)42-28(31(39)41)10-13-35-25-7-5-6-23(20-25)11-15-37-16-18-38(19-17-37)27-9-4-3-8-26(27)32/h3-9,13,20,35H,2,11,14-19H2,1H3,(H,36,40). The Labute approximate surface area is 253 Å². The molecule has 1 aliphatic rings. The molecule has 1 amide bonds. The molecule has 2 heterocycles. The number of carbonyl (C=O) groups is 1. The van der Waals surface area contributed by atoms with Crippen LogP contribution in [0, 0.1) is 22.7 Å². The number of hydrogen-bond donors (Lipinski definition) is 2. The molecule has 1 fully saturated rings. The lowest BCUT2D eigenvalue weighted by molar-refractivity contribution is -0.116. The van der Waals surface area contributed by atoms with E-state index in [0.717, 1.165) is 66.9 Å². The number of para-hydroxylation sites is 1. The minimum Gasteiger partial charge on any atom is -0.368 e. The first-order chi connectivity index (χ1) is 20.4. The summed E-state index contributed by atoms with van der Waals surface area (Å²) < 4.78 is 2.07. The lowest BCUT2D eigenvalue weighted by Crippen LogP contribution is -2.47. The maximum absolute atomic E-state index is 12.9. The van der Waals surface area contributed by atoms with Gasteiger partial charge in [0.2, 0.25) is 0 Å². The molecule has 1 aliphatic heterocycles. The second-order valence-corrected chi connectivity index (χ2v) is 10.8. The van der Waals surface area contributed by atoms with E-state index in [1.54, 1.807) is 25.3 Å². The van der Waals surface area contributed by atoms with Crippen LogP contribution in [0.15, 0.2) is 65.1 Å². The van der Waals surface area contributed by atoms with Crippen molar-refractivity contribution in [1.29, 1.82) is 10.5 Å². The van der Waals surface area contributed by atoms with Crippen LogP contribution < -0.4 is 30.3 Å². The molecule has 0 saturated carbocycles. The summed E-state index contributed by atoms with van der Waals surface area (Å²) in [6.45, 7) is 6.69. The summed E-state index contributed by atoms with van der Waals surface area (Å²) in [6.07, 6.45) is 2.49. The Balaban J connectivity index is 1.42. The highest BCUT2D eigenvalue weighted by molar-refractivity contribution is 7.07. The molecule has 42 heavy (non-hydrogen) atoms. The normalized spacial score (nSPS) is 12.8. The number of hydrogen-bond acceptors (Lipinski definition) is 8. The van der Waals surface area contributed by atoms with E-state index in [2.05, 4.69) is 50.1 Å². The van der Waals surface area contributed by atoms with E-state index in [0.29, 0.717) is 15.7 Å². The van der Waals surface area contributed by atoms with E-state index < -0.39 is 5.91 Å². The number of halogens is 1. The number of rotatable bonds is 9. The average Bonchev–Trinajstić information content (AvgIpc) is 3.31. The van der Waals surface area contributed by atoms with Crippen molar-refractivity contribution >= 4 is 51.7 Å². The number of aromatic nitrogens is 1. The van der Waals surface area contributed by atoms with Gasteiger partial charge in [-0.2, -0.15) is 10.5 Å². The van der Waals surface area contributed by atoms with Gasteiger partial charge in [0.1, 0.15) is 21.8 Å². The molecule has 214 valence electrons. The lowest BCUT2D eigenvalue weighted by atomic mass is 10.1. The number of anilines is 2. The highest BCUT2D eigenvalue weighted by Crippen LogP contribution is 2.26. The van der Waals surface area contributed by atoms with Crippen molar-refractivity contribution in [2.24, 2.45) is 0 Å². The highest BCUT2D eigenvalue weighted by Gasteiger charge is 2.18. The number of amides is 1. The van der Waals surface area contributed by atoms with E-state index in [1.165, 1.54) is 10.1 Å². The number of carbonyl (C=O) groups excluding carboxylic acids is 1. The van der Waals surface area contributed by atoms with Crippen LogP contribution in [0.1, 0.15) is 12.5 Å². The van der Waals surface area contributed by atoms with Crippen LogP contribution in [0.2, 0.25) is 5.02 Å². The van der Waals surface area contributed by atoms with Gasteiger partial charge >= 0.3 is 0 Å². The van der Waals surface area contributed by atoms with E-state index >= 15 is 0 Å². The molecule has 1 saturated heterocycles. The third kappa shape index (κ3) is 7.81. The fourth-order valence-electron chi connectivity index (χ4n) is 4.54. The average molecular weight is 600 g/mol. The Morgan fingerprint density at radius 3 is 2.62 bits per heavy atom. The molecule has 0 spiro atoms. The zero-order chi connectivity index (χ0) is 29.9. The largest absolute Gasteiger partial charge is 0.368 e. The van der Waals surface area contributed by atoms with E-state index in [-0.39, 0.29) is 17.7 Å². The molecule has 0 radical (unpaired) electrons. The van der Waals surface area contributed by atoms with Gasteiger partial charge in [-0.05, 0) is 43.2 Å². The quantitative estimate of drug-likeness (QED) is 0.220. The van der Waals surface area contributed by atoms with Crippen LogP contribution in [0.3, 0.4) is 0 Å². The molecule has 0 atom stereocenters. The maximum Gasteiger partial charge on any atom is 0.277 e. The molecule has 0 aliphatic carbocycles. The molecule has 2 N–H and O–H groups in total. The van der Waals surface area contributed by atoms with Gasteiger partial charge in [-0.15, -0.1) is 0 Å². The number of piperazine rings is 1. The fraction of sp³-hybridized carbons (Fsp3) is 0.290. The third-order valence-corrected chi connectivity index (χ3v) is 8.08. The van der Waals surface area contributed by atoms with Crippen molar-refractivity contribution in [3.05, 3.63) is 90.4 Å². The zero-order valence-corrected chi connectivity index (χ0v) is 24.8. The van der Waals surface area contributed by atoms with Crippen molar-refractivity contribution < 1.29 is 4.79 Å². The van der Waals surface area contributed by atoms with Crippen molar-refractivity contribution in [2.45, 2.75) is 19.9 Å². The lowest BCUT2D eigenvalue weighted by Gasteiger charge is -2.36. The van der Waals surface area contributed by atoms with Crippen molar-refractivity contribution in [2.75, 3.05) is 49.5 Å². The van der Waals surface area contributed by atoms with Crippen LogP contribution in [0.25, 0.3) is 11.5 Å². The summed E-state index contributed by atoms with van der Waals surface area (Å²) in [5.41, 5.74) is 8.28. The molecular weight excluding hydrogens is 570 g/mol. The van der Waals surface area contributed by atoms with Crippen molar-refractivity contribution in [3.8, 4) is 12.1 Å². The summed E-state index contributed by atoms with van der Waals surface area (Å²) in [5.74, 6) is -0.718. The smallest absolute Gasteiger partial charge is 0.277 e. The molecule has 4 rings (SSSR count). The van der Waals surface area contributed by atoms with Crippen LogP contribution >= 0.6 is 22.9 Å². The summed E-state index contributed by atoms with van der Waals surface area (Å²) >= 11 is 7.45. The molecule has 11 heteroatoms. The number of nitrogens with zero attached hydrogens (tertiary/aromatic N) is 5. The predicted octanol–water partition coefficient (Wildman–Crippen LogP) is 2.42. The van der Waals surface area contributed by atoms with Crippen LogP contribution in [-0.2, 0) is 17.8 Å². The van der Waals surface area contributed by atoms with Crippen molar-refractivity contribution in [1.82, 2.24) is 14.8 Å². The Bertz CT molecular complexity index is 1780. The summed E-state index contributed by atoms with van der Waals surface area (Å²) in [5, 5.41) is 24.3. The monoisotopic (exact) mass is 599 g/mol. The van der Waals surface area contributed by atoms with E-state index in [4.69, 9.17) is 16.9 Å². The second kappa shape index (κ2) is 14.9. The third-order valence-electron chi connectivity index (χ3n) is 6.75. The first-order valence-electron chi connectivity index (χ1n) is 13.5. The first kappa shape index (κ1) is 30.4. The first-order valence-corrected chi connectivity index (χ1v) is 14.7. The predicted molar refractivity (Wildman–Crippen MR) is 167 cm³/mol. The van der Waals surface area contributed by atoms with Crippen LogP contribution in [0.4, 0.5) is 11.4 Å². The number of thiazole rings is 1. The molecule has 2 aromatic carbocycles. The minimum absolute atomic E-state index is 0.229. The van der Waals surface area contributed by atoms with Crippen LogP contribution in [0.5, 0.6) is 0 Å². The maximum atomic E-state index is 12.9. The van der Waals surface area contributed by atoms with Gasteiger partial charge < -0.3 is 15.5 Å². The molecular formula is C31H30ClN7O2S. The molecule has 1 aromatic heterocycles. The van der Waals surface area contributed by atoms with Crippen molar-refractivity contribution in [3.63, 3.8) is 0 Å². The number of benzene rings is 2. The number of nitrogens with one attached hydrogen (secondary N) is 2. The van der Waals surface area contributed by atoms with Gasteiger partial charge in [-0.25, -0.2) is 0 Å². The molecule has 0 unspecified atom stereocenters. The fourth-order valence-corrected chi connectivity index (χ4v) is 5.78. The summed E-state index contributed by atoms with van der Waals surface area (Å²) in [7, 11) is 0. The minimum atomic E-state index is -0.718. The summed E-state index contributed by atoms with van der Waals surface area (Å²) in [6, 6.07) is 19.7.